The van der Waals surface area contributed by atoms with Crippen molar-refractivity contribution >= 4 is 65.0 Å². The first-order chi connectivity index (χ1) is 8.49. The number of carbonyl (C=O) groups excluding carboxylic acids is 1. The summed E-state index contributed by atoms with van der Waals surface area (Å²) < 4.78 is 1.87. The van der Waals surface area contributed by atoms with Gasteiger partial charge in [-0.3, -0.25) is 4.79 Å². The minimum Gasteiger partial charge on any atom is -0.350 e. The SMILES string of the molecule is CCC(CC)C(Br)CNC(=O)c1cc(Br)c(Br)s1. The summed E-state index contributed by atoms with van der Waals surface area (Å²) in [6.07, 6.45) is 2.25. The normalized spacial score (nSPS) is 12.8. The Balaban J connectivity index is 2.51. The zero-order valence-electron chi connectivity index (χ0n) is 10.3. The quantitative estimate of drug-likeness (QED) is 0.579. The van der Waals surface area contributed by atoms with E-state index in [1.54, 1.807) is 0 Å². The summed E-state index contributed by atoms with van der Waals surface area (Å²) in [6, 6.07) is 1.84. The maximum atomic E-state index is 12.0. The molecule has 102 valence electrons. The molecule has 0 aliphatic rings. The molecule has 18 heavy (non-hydrogen) atoms. The highest BCUT2D eigenvalue weighted by molar-refractivity contribution is 9.13. The molecule has 2 nitrogen and oxygen atoms in total. The number of nitrogens with one attached hydrogen (secondary N) is 1. The molecule has 0 aliphatic carbocycles. The summed E-state index contributed by atoms with van der Waals surface area (Å²) >= 11 is 11.9. The first kappa shape index (κ1) is 16.7. The van der Waals surface area contributed by atoms with Gasteiger partial charge in [0, 0.05) is 15.8 Å². The van der Waals surface area contributed by atoms with Gasteiger partial charge >= 0.3 is 0 Å². The number of hydrogen-bond donors (Lipinski definition) is 1. The summed E-state index contributed by atoms with van der Waals surface area (Å²) in [4.78, 5) is 13.0. The molecular weight excluding hydrogens is 446 g/mol. The van der Waals surface area contributed by atoms with E-state index in [-0.39, 0.29) is 5.91 Å². The fourth-order valence-corrected chi connectivity index (χ4v) is 4.56. The van der Waals surface area contributed by atoms with Gasteiger partial charge in [-0.2, -0.15) is 0 Å². The van der Waals surface area contributed by atoms with Crippen molar-refractivity contribution in [2.75, 3.05) is 6.54 Å². The van der Waals surface area contributed by atoms with Crippen molar-refractivity contribution in [2.24, 2.45) is 5.92 Å². The van der Waals surface area contributed by atoms with E-state index in [9.17, 15) is 4.79 Å². The van der Waals surface area contributed by atoms with Crippen LogP contribution in [0.2, 0.25) is 0 Å². The molecule has 1 aromatic rings. The molecule has 1 atom stereocenters. The average Bonchev–Trinajstić information content (AvgIpc) is 2.68. The molecule has 0 aromatic carbocycles. The molecule has 0 radical (unpaired) electrons. The summed E-state index contributed by atoms with van der Waals surface area (Å²) in [6.45, 7) is 5.02. The molecule has 0 saturated carbocycles. The lowest BCUT2D eigenvalue weighted by Gasteiger charge is -2.19. The highest BCUT2D eigenvalue weighted by atomic mass is 79.9. The first-order valence-electron chi connectivity index (χ1n) is 5.86. The standard InChI is InChI=1S/C12H16Br3NOS/c1-3-7(4-2)9(14)6-16-12(17)10-5-8(13)11(15)18-10/h5,7,9H,3-4,6H2,1-2H3,(H,16,17). The van der Waals surface area contributed by atoms with Gasteiger partial charge in [-0.25, -0.2) is 0 Å². The molecule has 1 N–H and O–H groups in total. The lowest BCUT2D eigenvalue weighted by Crippen LogP contribution is -2.32. The van der Waals surface area contributed by atoms with Gasteiger partial charge in [0.2, 0.25) is 0 Å². The number of thiophene rings is 1. The number of rotatable bonds is 6. The molecule has 1 heterocycles. The van der Waals surface area contributed by atoms with Crippen LogP contribution in [-0.2, 0) is 0 Å². The lowest BCUT2D eigenvalue weighted by molar-refractivity contribution is 0.0956. The van der Waals surface area contributed by atoms with Crippen LogP contribution in [0.15, 0.2) is 14.3 Å². The van der Waals surface area contributed by atoms with Crippen molar-refractivity contribution in [3.8, 4) is 0 Å². The Hall–Kier alpha value is 0.610. The fraction of sp³-hybridized carbons (Fsp3) is 0.583. The molecule has 1 amide bonds. The van der Waals surface area contributed by atoms with Gasteiger partial charge in [-0.05, 0) is 43.8 Å². The lowest BCUT2D eigenvalue weighted by atomic mass is 9.99. The van der Waals surface area contributed by atoms with E-state index in [2.05, 4.69) is 67.0 Å². The summed E-state index contributed by atoms with van der Waals surface area (Å²) in [5.74, 6) is 0.592. The minimum absolute atomic E-state index is 0.0122. The Kier molecular flexibility index (Phi) is 7.43. The third-order valence-corrected chi connectivity index (χ3v) is 7.21. The average molecular weight is 462 g/mol. The van der Waals surface area contributed by atoms with Gasteiger partial charge in [0.1, 0.15) is 0 Å². The molecule has 1 aromatic heterocycles. The van der Waals surface area contributed by atoms with Gasteiger partial charge in [0.25, 0.3) is 5.91 Å². The maximum absolute atomic E-state index is 12.0. The van der Waals surface area contributed by atoms with Gasteiger partial charge in [-0.1, -0.05) is 42.6 Å². The minimum atomic E-state index is -0.0122. The predicted octanol–water partition coefficient (Wildman–Crippen LogP) is 5.20. The summed E-state index contributed by atoms with van der Waals surface area (Å²) in [5, 5.41) is 2.97. The molecule has 6 heteroatoms. The summed E-state index contributed by atoms with van der Waals surface area (Å²) in [5.41, 5.74) is 0. The van der Waals surface area contributed by atoms with Crippen LogP contribution in [0.5, 0.6) is 0 Å². The van der Waals surface area contributed by atoms with Crippen LogP contribution >= 0.6 is 59.1 Å². The zero-order chi connectivity index (χ0) is 13.7. The molecule has 0 aliphatic heterocycles. The van der Waals surface area contributed by atoms with Crippen LogP contribution in [0.4, 0.5) is 0 Å². The van der Waals surface area contributed by atoms with Crippen LogP contribution in [0.25, 0.3) is 0 Å². The number of carbonyl (C=O) groups is 1. The van der Waals surface area contributed by atoms with Crippen LogP contribution in [0.3, 0.4) is 0 Å². The van der Waals surface area contributed by atoms with E-state index in [1.807, 2.05) is 6.07 Å². The third-order valence-electron chi connectivity index (χ3n) is 2.89. The molecule has 0 fully saturated rings. The van der Waals surface area contributed by atoms with Crippen molar-refractivity contribution in [3.63, 3.8) is 0 Å². The largest absolute Gasteiger partial charge is 0.350 e. The first-order valence-corrected chi connectivity index (χ1v) is 9.18. The van der Waals surface area contributed by atoms with Crippen LogP contribution in [0, 0.1) is 5.92 Å². The van der Waals surface area contributed by atoms with Gasteiger partial charge in [0.05, 0.1) is 8.66 Å². The van der Waals surface area contributed by atoms with Crippen molar-refractivity contribution in [3.05, 3.63) is 19.2 Å². The molecule has 0 bridgehead atoms. The van der Waals surface area contributed by atoms with Crippen LogP contribution in [-0.4, -0.2) is 17.3 Å². The van der Waals surface area contributed by atoms with Gasteiger partial charge in [-0.15, -0.1) is 11.3 Å². The van der Waals surface area contributed by atoms with E-state index in [0.717, 1.165) is 26.0 Å². The van der Waals surface area contributed by atoms with Crippen molar-refractivity contribution in [1.82, 2.24) is 5.32 Å². The Morgan fingerprint density at radius 3 is 2.44 bits per heavy atom. The van der Waals surface area contributed by atoms with Gasteiger partial charge in [0.15, 0.2) is 0 Å². The Morgan fingerprint density at radius 1 is 1.39 bits per heavy atom. The second-order valence-electron chi connectivity index (χ2n) is 4.03. The van der Waals surface area contributed by atoms with E-state index >= 15 is 0 Å². The monoisotopic (exact) mass is 459 g/mol. The molecule has 1 unspecified atom stereocenters. The molecule has 0 spiro atoms. The van der Waals surface area contributed by atoms with Gasteiger partial charge < -0.3 is 5.32 Å². The van der Waals surface area contributed by atoms with Crippen molar-refractivity contribution < 1.29 is 4.79 Å². The van der Waals surface area contributed by atoms with Crippen molar-refractivity contribution in [2.45, 2.75) is 31.5 Å². The third kappa shape index (κ3) is 4.62. The van der Waals surface area contributed by atoms with E-state index < -0.39 is 0 Å². The van der Waals surface area contributed by atoms with Crippen molar-refractivity contribution in [1.29, 1.82) is 0 Å². The molecule has 0 saturated heterocycles. The van der Waals surface area contributed by atoms with E-state index in [1.165, 1.54) is 11.3 Å². The van der Waals surface area contributed by atoms with E-state index in [4.69, 9.17) is 0 Å². The number of halogens is 3. The highest BCUT2D eigenvalue weighted by Gasteiger charge is 2.17. The number of hydrogen-bond acceptors (Lipinski definition) is 2. The highest BCUT2D eigenvalue weighted by Crippen LogP contribution is 2.32. The molecule has 1 rings (SSSR count). The zero-order valence-corrected chi connectivity index (χ0v) is 15.9. The fourth-order valence-electron chi connectivity index (χ4n) is 1.70. The maximum Gasteiger partial charge on any atom is 0.261 e. The smallest absolute Gasteiger partial charge is 0.261 e. The molecular formula is C12H16Br3NOS. The van der Waals surface area contributed by atoms with Crippen LogP contribution < -0.4 is 5.32 Å². The Bertz CT molecular complexity index is 385. The number of amides is 1. The predicted molar refractivity (Wildman–Crippen MR) is 88.8 cm³/mol. The second-order valence-corrected chi connectivity index (χ2v) is 8.44. The Morgan fingerprint density at radius 2 is 2.00 bits per heavy atom. The summed E-state index contributed by atoms with van der Waals surface area (Å²) in [7, 11) is 0. The second kappa shape index (κ2) is 8.02. The topological polar surface area (TPSA) is 29.1 Å². The Labute approximate surface area is 137 Å². The van der Waals surface area contributed by atoms with E-state index in [0.29, 0.717) is 17.3 Å². The van der Waals surface area contributed by atoms with Crippen LogP contribution in [0.1, 0.15) is 36.4 Å². The number of alkyl halides is 1.